The topological polar surface area (TPSA) is 85.1 Å². The summed E-state index contributed by atoms with van der Waals surface area (Å²) >= 11 is 0. The average molecular weight is 263 g/mol. The number of nitrogen functional groups attached to an aromatic ring is 1. The van der Waals surface area contributed by atoms with Gasteiger partial charge in [0.2, 0.25) is 0 Å². The number of hydrogen-bond donors (Lipinski definition) is 2. The van der Waals surface area contributed by atoms with E-state index in [2.05, 4.69) is 9.71 Å². The minimum absolute atomic E-state index is 0.0706. The molecule has 0 spiro atoms. The van der Waals surface area contributed by atoms with Crippen LogP contribution in [0.3, 0.4) is 0 Å². The number of nitrogens with two attached hydrogens (primary N) is 1. The maximum absolute atomic E-state index is 12.2. The van der Waals surface area contributed by atoms with E-state index in [1.165, 1.54) is 12.3 Å². The van der Waals surface area contributed by atoms with Crippen molar-refractivity contribution < 1.29 is 8.42 Å². The van der Waals surface area contributed by atoms with Gasteiger partial charge < -0.3 is 5.73 Å². The standard InChI is InChI=1S/C12H13N3O2S/c1-9-8-14-7-6-11(9)15-18(16,17)12-5-3-2-4-10(12)13/h2-8H,13H2,1H3,(H,14,15). The Morgan fingerprint density at radius 1 is 1.22 bits per heavy atom. The van der Waals surface area contributed by atoms with Crippen molar-refractivity contribution in [2.24, 2.45) is 0 Å². The molecule has 0 bridgehead atoms. The molecule has 1 aromatic carbocycles. The van der Waals surface area contributed by atoms with E-state index in [-0.39, 0.29) is 10.6 Å². The Balaban J connectivity index is 2.40. The molecule has 2 rings (SSSR count). The van der Waals surface area contributed by atoms with Gasteiger partial charge in [0.15, 0.2) is 0 Å². The van der Waals surface area contributed by atoms with Gasteiger partial charge in [-0.05, 0) is 30.7 Å². The zero-order valence-corrected chi connectivity index (χ0v) is 10.6. The summed E-state index contributed by atoms with van der Waals surface area (Å²) in [5, 5.41) is 0. The number of aryl methyl sites for hydroxylation is 1. The number of pyridine rings is 1. The van der Waals surface area contributed by atoms with Crippen molar-refractivity contribution in [3.05, 3.63) is 48.3 Å². The predicted octanol–water partition coefficient (Wildman–Crippen LogP) is 1.77. The van der Waals surface area contributed by atoms with Gasteiger partial charge in [0.1, 0.15) is 4.90 Å². The second-order valence-corrected chi connectivity index (χ2v) is 5.48. The van der Waals surface area contributed by atoms with Gasteiger partial charge in [0, 0.05) is 12.4 Å². The number of aromatic nitrogens is 1. The molecule has 0 amide bonds. The molecule has 94 valence electrons. The lowest BCUT2D eigenvalue weighted by molar-refractivity contribution is 0.601. The molecule has 0 aliphatic heterocycles. The third-order valence-corrected chi connectivity index (χ3v) is 3.91. The number of hydrogen-bond acceptors (Lipinski definition) is 4. The second kappa shape index (κ2) is 4.66. The number of benzene rings is 1. The van der Waals surface area contributed by atoms with Crippen LogP contribution >= 0.6 is 0 Å². The Kier molecular flexibility index (Phi) is 3.20. The smallest absolute Gasteiger partial charge is 0.263 e. The van der Waals surface area contributed by atoms with E-state index in [1.54, 1.807) is 37.4 Å². The molecule has 0 unspecified atom stereocenters. The number of nitrogens with zero attached hydrogens (tertiary/aromatic N) is 1. The molecule has 2 aromatic rings. The molecule has 0 saturated heterocycles. The first-order valence-corrected chi connectivity index (χ1v) is 6.77. The van der Waals surface area contributed by atoms with Crippen LogP contribution in [-0.4, -0.2) is 13.4 Å². The molecule has 0 aliphatic rings. The van der Waals surface area contributed by atoms with Crippen LogP contribution in [0.2, 0.25) is 0 Å². The van der Waals surface area contributed by atoms with E-state index in [9.17, 15) is 8.42 Å². The minimum Gasteiger partial charge on any atom is -0.398 e. The van der Waals surface area contributed by atoms with Gasteiger partial charge in [0.25, 0.3) is 10.0 Å². The summed E-state index contributed by atoms with van der Waals surface area (Å²) in [5.74, 6) is 0. The van der Waals surface area contributed by atoms with Gasteiger partial charge >= 0.3 is 0 Å². The van der Waals surface area contributed by atoms with Gasteiger partial charge in [0.05, 0.1) is 11.4 Å². The molecule has 1 heterocycles. The SMILES string of the molecule is Cc1cnccc1NS(=O)(=O)c1ccccc1N. The van der Waals surface area contributed by atoms with Crippen LogP contribution in [0.4, 0.5) is 11.4 Å². The van der Waals surface area contributed by atoms with Crippen molar-refractivity contribution in [3.8, 4) is 0 Å². The normalized spacial score (nSPS) is 11.2. The maximum Gasteiger partial charge on any atom is 0.263 e. The molecule has 6 heteroatoms. The van der Waals surface area contributed by atoms with Gasteiger partial charge in [-0.15, -0.1) is 0 Å². The van der Waals surface area contributed by atoms with Crippen LogP contribution in [0.25, 0.3) is 0 Å². The number of rotatable bonds is 3. The van der Waals surface area contributed by atoms with Crippen LogP contribution in [0.5, 0.6) is 0 Å². The monoisotopic (exact) mass is 263 g/mol. The first-order chi connectivity index (χ1) is 8.50. The Bertz CT molecular complexity index is 669. The zero-order valence-electron chi connectivity index (χ0n) is 9.79. The van der Waals surface area contributed by atoms with Crippen molar-refractivity contribution in [1.29, 1.82) is 0 Å². The van der Waals surface area contributed by atoms with Gasteiger partial charge in [-0.3, -0.25) is 9.71 Å². The van der Waals surface area contributed by atoms with Crippen LogP contribution in [0.15, 0.2) is 47.6 Å². The fourth-order valence-electron chi connectivity index (χ4n) is 1.51. The van der Waals surface area contributed by atoms with E-state index in [1.807, 2.05) is 0 Å². The van der Waals surface area contributed by atoms with Gasteiger partial charge in [-0.2, -0.15) is 0 Å². The lowest BCUT2D eigenvalue weighted by Crippen LogP contribution is -2.15. The highest BCUT2D eigenvalue weighted by Crippen LogP contribution is 2.22. The lowest BCUT2D eigenvalue weighted by Gasteiger charge is -2.11. The number of para-hydroxylation sites is 1. The molecular formula is C12H13N3O2S. The highest BCUT2D eigenvalue weighted by molar-refractivity contribution is 7.92. The van der Waals surface area contributed by atoms with Gasteiger partial charge in [-0.1, -0.05) is 12.1 Å². The van der Waals surface area contributed by atoms with Crippen LogP contribution in [-0.2, 0) is 10.0 Å². The minimum atomic E-state index is -3.67. The third kappa shape index (κ3) is 2.43. The Hall–Kier alpha value is -2.08. The number of sulfonamides is 1. The highest BCUT2D eigenvalue weighted by atomic mass is 32.2. The average Bonchev–Trinajstić information content (AvgIpc) is 2.32. The molecule has 1 aromatic heterocycles. The van der Waals surface area contributed by atoms with Crippen molar-refractivity contribution >= 4 is 21.4 Å². The maximum atomic E-state index is 12.2. The van der Waals surface area contributed by atoms with Crippen LogP contribution in [0, 0.1) is 6.92 Å². The van der Waals surface area contributed by atoms with Gasteiger partial charge in [-0.25, -0.2) is 8.42 Å². The summed E-state index contributed by atoms with van der Waals surface area (Å²) in [7, 11) is -3.67. The first-order valence-electron chi connectivity index (χ1n) is 5.28. The van der Waals surface area contributed by atoms with Crippen molar-refractivity contribution in [3.63, 3.8) is 0 Å². The van der Waals surface area contributed by atoms with Crippen molar-refractivity contribution in [2.45, 2.75) is 11.8 Å². The van der Waals surface area contributed by atoms with Crippen molar-refractivity contribution in [2.75, 3.05) is 10.5 Å². The summed E-state index contributed by atoms with van der Waals surface area (Å²) in [6.07, 6.45) is 3.12. The van der Waals surface area contributed by atoms with E-state index < -0.39 is 10.0 Å². The quantitative estimate of drug-likeness (QED) is 0.826. The Morgan fingerprint density at radius 3 is 2.61 bits per heavy atom. The molecule has 0 fully saturated rings. The molecular weight excluding hydrogens is 250 g/mol. The summed E-state index contributed by atoms with van der Waals surface area (Å²) in [6, 6.07) is 7.94. The molecule has 3 N–H and O–H groups in total. The lowest BCUT2D eigenvalue weighted by atomic mass is 10.3. The molecule has 0 aliphatic carbocycles. The summed E-state index contributed by atoms with van der Waals surface area (Å²) in [5.41, 5.74) is 7.13. The van der Waals surface area contributed by atoms with Crippen LogP contribution in [0.1, 0.15) is 5.56 Å². The van der Waals surface area contributed by atoms with E-state index >= 15 is 0 Å². The molecule has 0 atom stereocenters. The third-order valence-electron chi connectivity index (χ3n) is 2.47. The summed E-state index contributed by atoms with van der Waals surface area (Å²) in [4.78, 5) is 3.98. The molecule has 0 saturated carbocycles. The number of nitrogens with one attached hydrogen (secondary N) is 1. The number of anilines is 2. The summed E-state index contributed by atoms with van der Waals surface area (Å²) in [6.45, 7) is 1.78. The van der Waals surface area contributed by atoms with Crippen LogP contribution < -0.4 is 10.5 Å². The zero-order chi connectivity index (χ0) is 13.2. The van der Waals surface area contributed by atoms with E-state index in [4.69, 9.17) is 5.73 Å². The fraction of sp³-hybridized carbons (Fsp3) is 0.0833. The molecule has 5 nitrogen and oxygen atoms in total. The second-order valence-electron chi connectivity index (χ2n) is 3.83. The highest BCUT2D eigenvalue weighted by Gasteiger charge is 2.17. The molecule has 0 radical (unpaired) electrons. The first kappa shape index (κ1) is 12.4. The van der Waals surface area contributed by atoms with Crippen molar-refractivity contribution in [1.82, 2.24) is 4.98 Å². The van der Waals surface area contributed by atoms with E-state index in [0.717, 1.165) is 5.56 Å². The Morgan fingerprint density at radius 2 is 1.94 bits per heavy atom. The summed E-state index contributed by atoms with van der Waals surface area (Å²) < 4.78 is 26.8. The van der Waals surface area contributed by atoms with E-state index in [0.29, 0.717) is 5.69 Å². The Labute approximate surface area is 106 Å². The fourth-order valence-corrected chi connectivity index (χ4v) is 2.78. The largest absolute Gasteiger partial charge is 0.398 e. The predicted molar refractivity (Wildman–Crippen MR) is 70.6 cm³/mol. The molecule has 18 heavy (non-hydrogen) atoms.